The van der Waals surface area contributed by atoms with Gasteiger partial charge in [0.05, 0.1) is 7.11 Å². The molecule has 0 radical (unpaired) electrons. The predicted octanol–water partition coefficient (Wildman–Crippen LogP) is 1.97. The Bertz CT molecular complexity index is 1130. The second-order valence-electron chi connectivity index (χ2n) is 7.17. The molecule has 1 fully saturated rings. The molecular formula is C21H23F2N3O5S. The van der Waals surface area contributed by atoms with Crippen LogP contribution >= 0.6 is 0 Å². The number of methoxy groups -OCH3 is 1. The molecule has 1 aliphatic rings. The van der Waals surface area contributed by atoms with E-state index < -0.39 is 39.5 Å². The van der Waals surface area contributed by atoms with E-state index in [4.69, 9.17) is 4.74 Å². The lowest BCUT2D eigenvalue weighted by atomic mass is 10.0. The lowest BCUT2D eigenvalue weighted by Gasteiger charge is -2.20. The number of nitrogens with zero attached hydrogens (tertiary/aromatic N) is 1. The molecule has 11 heteroatoms. The van der Waals surface area contributed by atoms with Gasteiger partial charge in [-0.25, -0.2) is 17.2 Å². The van der Waals surface area contributed by atoms with Crippen LogP contribution in [-0.2, 0) is 14.8 Å². The molecule has 2 aromatic rings. The molecule has 1 unspecified atom stereocenters. The zero-order valence-electron chi connectivity index (χ0n) is 17.5. The molecule has 1 aliphatic heterocycles. The normalized spacial score (nSPS) is 15.2. The van der Waals surface area contributed by atoms with Crippen molar-refractivity contribution in [3.8, 4) is 5.75 Å². The summed E-state index contributed by atoms with van der Waals surface area (Å²) in [6.07, 6.45) is 1.48. The molecule has 2 aromatic carbocycles. The maximum absolute atomic E-state index is 13.7. The summed E-state index contributed by atoms with van der Waals surface area (Å²) in [5.74, 6) is -3.62. The standard InChI is InChI=1S/C21H23F2N3O5S/c1-24-21(28)19(13-5-7-15(22)16(23)11-13)25-20(27)14-6-8-17(31-2)18(12-14)32(29,30)26-9-3-4-10-26/h5-8,11-12,19H,3-4,9-10H2,1-2H3,(H,24,28)(H,25,27). The van der Waals surface area contributed by atoms with Crippen LogP contribution in [-0.4, -0.2) is 51.8 Å². The Hall–Kier alpha value is -3.05. The minimum absolute atomic E-state index is 0.0232. The SMILES string of the molecule is CNC(=O)C(NC(=O)c1ccc(OC)c(S(=O)(=O)N2CCCC2)c1)c1ccc(F)c(F)c1. The highest BCUT2D eigenvalue weighted by Gasteiger charge is 2.31. The van der Waals surface area contributed by atoms with E-state index >= 15 is 0 Å². The molecule has 172 valence electrons. The Balaban J connectivity index is 1.95. The first kappa shape index (κ1) is 23.6. The number of carbonyl (C=O) groups is 2. The van der Waals surface area contributed by atoms with Crippen LogP contribution in [0.25, 0.3) is 0 Å². The van der Waals surface area contributed by atoms with E-state index in [-0.39, 0.29) is 21.8 Å². The predicted molar refractivity (Wildman–Crippen MR) is 112 cm³/mol. The molecule has 1 atom stereocenters. The molecule has 3 rings (SSSR count). The summed E-state index contributed by atoms with van der Waals surface area (Å²) in [5, 5.41) is 4.80. The van der Waals surface area contributed by atoms with Crippen LogP contribution in [0, 0.1) is 11.6 Å². The van der Waals surface area contributed by atoms with Crippen molar-refractivity contribution < 1.29 is 31.5 Å². The van der Waals surface area contributed by atoms with Gasteiger partial charge in [-0.1, -0.05) is 6.07 Å². The Morgan fingerprint density at radius 3 is 2.34 bits per heavy atom. The van der Waals surface area contributed by atoms with Gasteiger partial charge in [0.15, 0.2) is 11.6 Å². The van der Waals surface area contributed by atoms with Gasteiger partial charge in [0.25, 0.3) is 5.91 Å². The van der Waals surface area contributed by atoms with Crippen LogP contribution in [0.15, 0.2) is 41.3 Å². The number of hydrogen-bond acceptors (Lipinski definition) is 5. The molecule has 32 heavy (non-hydrogen) atoms. The fourth-order valence-electron chi connectivity index (χ4n) is 3.44. The first-order valence-electron chi connectivity index (χ1n) is 9.84. The first-order chi connectivity index (χ1) is 15.2. The average molecular weight is 467 g/mol. The summed E-state index contributed by atoms with van der Waals surface area (Å²) in [5.41, 5.74) is -0.0184. The summed E-state index contributed by atoms with van der Waals surface area (Å²) in [6, 6.07) is 5.38. The molecular weight excluding hydrogens is 444 g/mol. The summed E-state index contributed by atoms with van der Waals surface area (Å²) in [6.45, 7) is 0.744. The van der Waals surface area contributed by atoms with E-state index in [0.29, 0.717) is 13.1 Å². The largest absolute Gasteiger partial charge is 0.495 e. The van der Waals surface area contributed by atoms with E-state index in [1.54, 1.807) is 0 Å². The topological polar surface area (TPSA) is 105 Å². The lowest BCUT2D eigenvalue weighted by Crippen LogP contribution is -2.39. The van der Waals surface area contributed by atoms with Crippen LogP contribution in [0.3, 0.4) is 0 Å². The summed E-state index contributed by atoms with van der Waals surface area (Å²) in [7, 11) is -1.24. The quantitative estimate of drug-likeness (QED) is 0.648. The Labute approximate surface area is 184 Å². The molecule has 0 bridgehead atoms. The van der Waals surface area contributed by atoms with E-state index in [0.717, 1.165) is 25.0 Å². The molecule has 0 aromatic heterocycles. The molecule has 8 nitrogen and oxygen atoms in total. The number of halogens is 2. The van der Waals surface area contributed by atoms with Crippen molar-refractivity contribution in [2.45, 2.75) is 23.8 Å². The van der Waals surface area contributed by atoms with Crippen molar-refractivity contribution in [1.82, 2.24) is 14.9 Å². The molecule has 2 amide bonds. The number of hydrogen-bond donors (Lipinski definition) is 2. The Kier molecular flexibility index (Phi) is 7.09. The van der Waals surface area contributed by atoms with Gasteiger partial charge in [-0.3, -0.25) is 9.59 Å². The fraction of sp³-hybridized carbons (Fsp3) is 0.333. The van der Waals surface area contributed by atoms with Crippen LogP contribution < -0.4 is 15.4 Å². The van der Waals surface area contributed by atoms with Gasteiger partial charge in [-0.15, -0.1) is 0 Å². The van der Waals surface area contributed by atoms with E-state index in [2.05, 4.69) is 10.6 Å². The van der Waals surface area contributed by atoms with Crippen molar-refractivity contribution in [1.29, 1.82) is 0 Å². The van der Waals surface area contributed by atoms with Crippen molar-refractivity contribution >= 4 is 21.8 Å². The van der Waals surface area contributed by atoms with Gasteiger partial charge in [-0.05, 0) is 48.7 Å². The summed E-state index contributed by atoms with van der Waals surface area (Å²) < 4.78 is 59.5. The van der Waals surface area contributed by atoms with Crippen molar-refractivity contribution in [2.75, 3.05) is 27.2 Å². The second kappa shape index (κ2) is 9.61. The fourth-order valence-corrected chi connectivity index (χ4v) is 5.14. The number of rotatable bonds is 7. The molecule has 1 heterocycles. The summed E-state index contributed by atoms with van der Waals surface area (Å²) >= 11 is 0. The highest BCUT2D eigenvalue weighted by Crippen LogP contribution is 2.30. The van der Waals surface area contributed by atoms with Crippen LogP contribution in [0.4, 0.5) is 8.78 Å². The van der Waals surface area contributed by atoms with Crippen molar-refractivity contribution in [2.24, 2.45) is 0 Å². The van der Waals surface area contributed by atoms with Gasteiger partial charge < -0.3 is 15.4 Å². The van der Waals surface area contributed by atoms with Gasteiger partial charge in [-0.2, -0.15) is 4.31 Å². The van der Waals surface area contributed by atoms with Crippen molar-refractivity contribution in [3.63, 3.8) is 0 Å². The monoisotopic (exact) mass is 467 g/mol. The number of likely N-dealkylation sites (N-methyl/N-ethyl adjacent to an activating group) is 1. The molecule has 0 spiro atoms. The van der Waals surface area contributed by atoms with E-state index in [9.17, 15) is 26.8 Å². The van der Waals surface area contributed by atoms with Crippen molar-refractivity contribution in [3.05, 3.63) is 59.2 Å². The van der Waals surface area contributed by atoms with Crippen LogP contribution in [0.5, 0.6) is 5.75 Å². The number of nitrogens with one attached hydrogen (secondary N) is 2. The third kappa shape index (κ3) is 4.73. The minimum Gasteiger partial charge on any atom is -0.495 e. The number of ether oxygens (including phenoxy) is 1. The lowest BCUT2D eigenvalue weighted by molar-refractivity contribution is -0.122. The molecule has 0 saturated carbocycles. The minimum atomic E-state index is -3.89. The number of amides is 2. The van der Waals surface area contributed by atoms with Gasteiger partial charge in [0, 0.05) is 25.7 Å². The number of carbonyl (C=O) groups excluding carboxylic acids is 2. The van der Waals surface area contributed by atoms with E-state index in [1.165, 1.54) is 42.7 Å². The maximum atomic E-state index is 13.7. The zero-order chi connectivity index (χ0) is 23.5. The highest BCUT2D eigenvalue weighted by atomic mass is 32.2. The van der Waals surface area contributed by atoms with Crippen LogP contribution in [0.1, 0.15) is 34.8 Å². The first-order valence-corrected chi connectivity index (χ1v) is 11.3. The Morgan fingerprint density at radius 1 is 1.06 bits per heavy atom. The Morgan fingerprint density at radius 2 is 1.75 bits per heavy atom. The third-order valence-corrected chi connectivity index (χ3v) is 7.09. The maximum Gasteiger partial charge on any atom is 0.252 e. The molecule has 2 N–H and O–H groups in total. The molecule has 1 saturated heterocycles. The third-order valence-electron chi connectivity index (χ3n) is 5.17. The van der Waals surface area contributed by atoms with Gasteiger partial charge in [0.2, 0.25) is 15.9 Å². The second-order valence-corrected chi connectivity index (χ2v) is 9.08. The van der Waals surface area contributed by atoms with Gasteiger partial charge in [0.1, 0.15) is 16.7 Å². The zero-order valence-corrected chi connectivity index (χ0v) is 18.3. The van der Waals surface area contributed by atoms with E-state index in [1.807, 2.05) is 0 Å². The smallest absolute Gasteiger partial charge is 0.252 e. The molecule has 0 aliphatic carbocycles. The van der Waals surface area contributed by atoms with Gasteiger partial charge >= 0.3 is 0 Å². The summed E-state index contributed by atoms with van der Waals surface area (Å²) in [4.78, 5) is 25.0. The highest BCUT2D eigenvalue weighted by molar-refractivity contribution is 7.89. The number of sulfonamides is 1. The average Bonchev–Trinajstić information content (AvgIpc) is 3.34. The number of benzene rings is 2. The van der Waals surface area contributed by atoms with Crippen LogP contribution in [0.2, 0.25) is 0 Å².